The number of amides is 1. The van der Waals surface area contributed by atoms with Crippen molar-refractivity contribution in [3.63, 3.8) is 0 Å². The van der Waals surface area contributed by atoms with Gasteiger partial charge in [-0.2, -0.15) is 5.26 Å². The first-order chi connectivity index (χ1) is 14.0. The minimum Gasteiger partial charge on any atom is -0.383 e. The van der Waals surface area contributed by atoms with Gasteiger partial charge in [-0.05, 0) is 55.4 Å². The third-order valence-corrected chi connectivity index (χ3v) is 5.03. The summed E-state index contributed by atoms with van der Waals surface area (Å²) in [6, 6.07) is 13.8. The van der Waals surface area contributed by atoms with Crippen molar-refractivity contribution in [1.82, 2.24) is 5.32 Å². The fourth-order valence-corrected chi connectivity index (χ4v) is 3.37. The average Bonchev–Trinajstić information content (AvgIpc) is 2.73. The Morgan fingerprint density at radius 1 is 1.21 bits per heavy atom. The standard InChI is InChI=1S/C22H22N4O3/c1-15(17-10-9-16-5-2-3-6-18(16)11-17)24-14-19(13-23)22(27)25-20-7-4-8-21(12-20)26(28)29/h4,7-12,14-15,24H,2-3,5-6H2,1H3,(H,25,27)/b19-14-. The van der Waals surface area contributed by atoms with Crippen LogP contribution in [0.2, 0.25) is 0 Å². The van der Waals surface area contributed by atoms with Crippen LogP contribution in [0.25, 0.3) is 0 Å². The van der Waals surface area contributed by atoms with Crippen molar-refractivity contribution in [3.05, 3.63) is 81.0 Å². The fourth-order valence-electron chi connectivity index (χ4n) is 3.37. The Balaban J connectivity index is 1.68. The van der Waals surface area contributed by atoms with Crippen LogP contribution in [0.3, 0.4) is 0 Å². The molecule has 1 atom stereocenters. The highest BCUT2D eigenvalue weighted by Crippen LogP contribution is 2.25. The molecule has 0 spiro atoms. The summed E-state index contributed by atoms with van der Waals surface area (Å²) < 4.78 is 0. The quantitative estimate of drug-likeness (QED) is 0.333. The van der Waals surface area contributed by atoms with Crippen molar-refractivity contribution in [3.8, 4) is 6.07 Å². The van der Waals surface area contributed by atoms with Gasteiger partial charge in [0, 0.05) is 30.1 Å². The number of fused-ring (bicyclic) bond motifs is 1. The fraction of sp³-hybridized carbons (Fsp3) is 0.273. The molecule has 3 rings (SSSR count). The maximum absolute atomic E-state index is 12.4. The third-order valence-electron chi connectivity index (χ3n) is 5.03. The van der Waals surface area contributed by atoms with E-state index in [4.69, 9.17) is 0 Å². The Morgan fingerprint density at radius 3 is 2.69 bits per heavy atom. The normalized spacial score (nSPS) is 14.3. The maximum Gasteiger partial charge on any atom is 0.271 e. The van der Waals surface area contributed by atoms with Crippen molar-refractivity contribution in [1.29, 1.82) is 5.26 Å². The van der Waals surface area contributed by atoms with Gasteiger partial charge in [0.2, 0.25) is 0 Å². The molecule has 0 aromatic heterocycles. The smallest absolute Gasteiger partial charge is 0.271 e. The van der Waals surface area contributed by atoms with Gasteiger partial charge in [0.1, 0.15) is 11.6 Å². The highest BCUT2D eigenvalue weighted by molar-refractivity contribution is 6.06. The number of carbonyl (C=O) groups excluding carboxylic acids is 1. The number of hydrogen-bond donors (Lipinski definition) is 2. The molecule has 148 valence electrons. The molecule has 0 heterocycles. The molecule has 1 unspecified atom stereocenters. The summed E-state index contributed by atoms with van der Waals surface area (Å²) in [5.41, 5.74) is 3.88. The number of nitrogens with one attached hydrogen (secondary N) is 2. The monoisotopic (exact) mass is 390 g/mol. The predicted molar refractivity (Wildman–Crippen MR) is 110 cm³/mol. The number of nitro groups is 1. The van der Waals surface area contributed by atoms with Gasteiger partial charge in [0.15, 0.2) is 0 Å². The number of nitro benzene ring substituents is 1. The van der Waals surface area contributed by atoms with E-state index < -0.39 is 10.8 Å². The molecule has 7 nitrogen and oxygen atoms in total. The van der Waals surface area contributed by atoms with Crippen LogP contribution in [0.5, 0.6) is 0 Å². The summed E-state index contributed by atoms with van der Waals surface area (Å²) in [4.78, 5) is 22.7. The Bertz CT molecular complexity index is 1010. The molecule has 29 heavy (non-hydrogen) atoms. The molecule has 2 aromatic carbocycles. The Labute approximate surface area is 169 Å². The molecule has 1 aliphatic carbocycles. The van der Waals surface area contributed by atoms with Crippen LogP contribution in [0.1, 0.15) is 42.5 Å². The van der Waals surface area contributed by atoms with Crippen molar-refractivity contribution in [2.75, 3.05) is 5.32 Å². The molecule has 0 radical (unpaired) electrons. The lowest BCUT2D eigenvalue weighted by molar-refractivity contribution is -0.384. The van der Waals surface area contributed by atoms with Gasteiger partial charge in [0.25, 0.3) is 11.6 Å². The second-order valence-electron chi connectivity index (χ2n) is 7.05. The zero-order valence-electron chi connectivity index (χ0n) is 16.1. The van der Waals surface area contributed by atoms with Crippen molar-refractivity contribution in [2.45, 2.75) is 38.6 Å². The number of non-ortho nitro benzene ring substituents is 1. The Kier molecular flexibility index (Phi) is 6.25. The van der Waals surface area contributed by atoms with Crippen LogP contribution >= 0.6 is 0 Å². The highest BCUT2D eigenvalue weighted by atomic mass is 16.6. The maximum atomic E-state index is 12.4. The molecule has 0 fully saturated rings. The number of aryl methyl sites for hydroxylation is 2. The zero-order valence-corrected chi connectivity index (χ0v) is 16.1. The van der Waals surface area contributed by atoms with E-state index in [0.29, 0.717) is 0 Å². The lowest BCUT2D eigenvalue weighted by Gasteiger charge is -2.19. The predicted octanol–water partition coefficient (Wildman–Crippen LogP) is 4.17. The number of rotatable bonds is 6. The zero-order chi connectivity index (χ0) is 20.8. The average molecular weight is 390 g/mol. The van der Waals surface area contributed by atoms with Crippen LogP contribution in [0, 0.1) is 21.4 Å². The summed E-state index contributed by atoms with van der Waals surface area (Å²) in [5, 5.41) is 25.8. The van der Waals surface area contributed by atoms with Crippen molar-refractivity contribution >= 4 is 17.3 Å². The van der Waals surface area contributed by atoms with Crippen LogP contribution < -0.4 is 10.6 Å². The van der Waals surface area contributed by atoms with Gasteiger partial charge in [-0.25, -0.2) is 0 Å². The molecule has 0 saturated carbocycles. The van der Waals surface area contributed by atoms with E-state index in [2.05, 4.69) is 28.8 Å². The molecular weight excluding hydrogens is 368 g/mol. The summed E-state index contributed by atoms with van der Waals surface area (Å²) in [5.74, 6) is -0.627. The second kappa shape index (κ2) is 9.02. The minimum absolute atomic E-state index is 0.0730. The summed E-state index contributed by atoms with van der Waals surface area (Å²) in [7, 11) is 0. The minimum atomic E-state index is -0.627. The van der Waals surface area contributed by atoms with Crippen LogP contribution in [-0.4, -0.2) is 10.8 Å². The van der Waals surface area contributed by atoms with E-state index in [0.717, 1.165) is 18.4 Å². The first-order valence-electron chi connectivity index (χ1n) is 9.52. The van der Waals surface area contributed by atoms with Crippen molar-refractivity contribution < 1.29 is 9.72 Å². The highest BCUT2D eigenvalue weighted by Gasteiger charge is 2.14. The molecule has 0 aliphatic heterocycles. The van der Waals surface area contributed by atoms with Crippen LogP contribution in [0.15, 0.2) is 54.2 Å². The third kappa shape index (κ3) is 4.99. The molecule has 2 N–H and O–H groups in total. The topological polar surface area (TPSA) is 108 Å². The molecule has 1 aliphatic rings. The van der Waals surface area contributed by atoms with E-state index in [-0.39, 0.29) is 23.0 Å². The SMILES string of the molecule is CC(N/C=C(/C#N)C(=O)Nc1cccc([N+](=O)[O-])c1)c1ccc2c(c1)CCCC2. The lowest BCUT2D eigenvalue weighted by atomic mass is 9.89. The van der Waals surface area contributed by atoms with Gasteiger partial charge >= 0.3 is 0 Å². The van der Waals surface area contributed by atoms with Gasteiger partial charge in [-0.15, -0.1) is 0 Å². The first-order valence-corrected chi connectivity index (χ1v) is 9.52. The number of nitriles is 1. The van der Waals surface area contributed by atoms with Gasteiger partial charge in [-0.3, -0.25) is 14.9 Å². The van der Waals surface area contributed by atoms with Crippen LogP contribution in [-0.2, 0) is 17.6 Å². The second-order valence-corrected chi connectivity index (χ2v) is 7.05. The van der Waals surface area contributed by atoms with Gasteiger partial charge in [0.05, 0.1) is 4.92 Å². The molecule has 0 saturated heterocycles. The number of anilines is 1. The molecule has 1 amide bonds. The van der Waals surface area contributed by atoms with Crippen molar-refractivity contribution in [2.24, 2.45) is 0 Å². The van der Waals surface area contributed by atoms with E-state index >= 15 is 0 Å². The summed E-state index contributed by atoms with van der Waals surface area (Å²) in [6.07, 6.45) is 6.02. The Morgan fingerprint density at radius 2 is 1.97 bits per heavy atom. The number of nitrogens with zero attached hydrogens (tertiary/aromatic N) is 2. The molecule has 7 heteroatoms. The Hall–Kier alpha value is -3.66. The largest absolute Gasteiger partial charge is 0.383 e. The van der Waals surface area contributed by atoms with Gasteiger partial charge in [-0.1, -0.05) is 24.3 Å². The summed E-state index contributed by atoms with van der Waals surface area (Å²) >= 11 is 0. The van der Waals surface area contributed by atoms with Crippen LogP contribution in [0.4, 0.5) is 11.4 Å². The molecular formula is C22H22N4O3. The number of carbonyl (C=O) groups is 1. The molecule has 2 aromatic rings. The van der Waals surface area contributed by atoms with Gasteiger partial charge < -0.3 is 10.6 Å². The number of benzene rings is 2. The van der Waals surface area contributed by atoms with E-state index in [1.165, 1.54) is 54.4 Å². The summed E-state index contributed by atoms with van der Waals surface area (Å²) in [6.45, 7) is 1.97. The molecule has 0 bridgehead atoms. The van der Waals surface area contributed by atoms with E-state index in [1.54, 1.807) is 0 Å². The van der Waals surface area contributed by atoms with E-state index in [9.17, 15) is 20.2 Å². The van der Waals surface area contributed by atoms with E-state index in [1.807, 2.05) is 13.0 Å². The lowest BCUT2D eigenvalue weighted by Crippen LogP contribution is -2.19. The first kappa shape index (κ1) is 20.1. The number of hydrogen-bond acceptors (Lipinski definition) is 5.